The van der Waals surface area contributed by atoms with Gasteiger partial charge in [0.25, 0.3) is 0 Å². The molecule has 0 saturated heterocycles. The van der Waals surface area contributed by atoms with Gasteiger partial charge >= 0.3 is 0 Å². The van der Waals surface area contributed by atoms with Gasteiger partial charge in [-0.3, -0.25) is 10.0 Å². The molecule has 0 fully saturated rings. The Balaban J connectivity index is 0.905. The van der Waals surface area contributed by atoms with Crippen LogP contribution in [0.3, 0.4) is 0 Å². The van der Waals surface area contributed by atoms with Crippen LogP contribution in [0.2, 0.25) is 0 Å². The van der Waals surface area contributed by atoms with Crippen LogP contribution < -0.4 is 19.8 Å². The van der Waals surface area contributed by atoms with Gasteiger partial charge in [0, 0.05) is 61.5 Å². The van der Waals surface area contributed by atoms with Crippen LogP contribution in [-0.2, 0) is 10.8 Å². The first kappa shape index (κ1) is 50.2. The lowest BCUT2D eigenvalue weighted by Gasteiger charge is -2.26. The summed E-state index contributed by atoms with van der Waals surface area (Å²) in [6.45, 7) is 26.0. The number of oxazole rings is 2. The van der Waals surface area contributed by atoms with Crippen LogP contribution in [-0.4, -0.2) is 47.6 Å². The highest BCUT2D eigenvalue weighted by molar-refractivity contribution is 6.04. The van der Waals surface area contributed by atoms with Crippen molar-refractivity contribution in [1.82, 2.24) is 9.97 Å². The highest BCUT2D eigenvalue weighted by atomic mass is 16.4. The number of rotatable bonds is 14. The summed E-state index contributed by atoms with van der Waals surface area (Å²) < 4.78 is 12.6. The molecule has 10 heteroatoms. The molecule has 9 aromatic rings. The summed E-state index contributed by atoms with van der Waals surface area (Å²) in [6.07, 6.45) is 1.51. The molecule has 10 nitrogen and oxygen atoms in total. The Labute approximate surface area is 448 Å². The van der Waals surface area contributed by atoms with Gasteiger partial charge in [-0.1, -0.05) is 102 Å². The molecule has 7 aromatic carbocycles. The van der Waals surface area contributed by atoms with Crippen molar-refractivity contribution >= 4 is 56.4 Å². The molecule has 0 N–H and O–H groups in total. The molecule has 0 saturated carbocycles. The van der Waals surface area contributed by atoms with Gasteiger partial charge in [0.15, 0.2) is 11.2 Å². The smallest absolute Gasteiger partial charge is 0.227 e. The highest BCUT2D eigenvalue weighted by Gasteiger charge is 2.33. The zero-order valence-corrected chi connectivity index (χ0v) is 45.8. The SMILES string of the molecule is CCN(CC)c1ccc(C2=NN(c3ccc(-c4nc5cc(C(C)(C)C)ccc5o4)cc3)C(c3ccc(C4CC(c5ccc(N(CC)CC)cc5)=NN4c4ccc(-c5nc6cc(C(C)(C)C)ccc6o5)cc4)cc3)C2)cc1. The van der Waals surface area contributed by atoms with E-state index in [1.54, 1.807) is 0 Å². The number of hydrogen-bond donors (Lipinski definition) is 0. The van der Waals surface area contributed by atoms with Gasteiger partial charge in [0.05, 0.1) is 34.9 Å². The first-order valence-electron chi connectivity index (χ1n) is 27.2. The average Bonchev–Trinajstić information content (AvgIpc) is 4.29. The molecule has 0 amide bonds. The minimum absolute atomic E-state index is 0.0168. The summed E-state index contributed by atoms with van der Waals surface area (Å²) in [5.74, 6) is 1.22. The van der Waals surface area contributed by atoms with E-state index >= 15 is 0 Å². The Morgan fingerprint density at radius 2 is 0.776 bits per heavy atom. The Bertz CT molecular complexity index is 3310. The van der Waals surface area contributed by atoms with Crippen molar-refractivity contribution in [3.8, 4) is 22.9 Å². The molecule has 0 spiro atoms. The van der Waals surface area contributed by atoms with E-state index in [0.717, 1.165) is 106 Å². The second kappa shape index (κ2) is 20.3. The molecule has 11 rings (SSSR count). The maximum atomic E-state index is 6.31. The van der Waals surface area contributed by atoms with Gasteiger partial charge in [0.1, 0.15) is 11.0 Å². The van der Waals surface area contributed by atoms with Crippen LogP contribution in [0.4, 0.5) is 22.7 Å². The van der Waals surface area contributed by atoms with E-state index in [1.807, 2.05) is 12.1 Å². The number of fused-ring (bicyclic) bond motifs is 2. The second-order valence-electron chi connectivity index (χ2n) is 22.3. The summed E-state index contributed by atoms with van der Waals surface area (Å²) in [7, 11) is 0. The van der Waals surface area contributed by atoms with Crippen molar-refractivity contribution in [1.29, 1.82) is 0 Å². The summed E-state index contributed by atoms with van der Waals surface area (Å²) in [5, 5.41) is 15.2. The molecule has 2 atom stereocenters. The number of nitrogens with zero attached hydrogens (tertiary/aromatic N) is 8. The van der Waals surface area contributed by atoms with Crippen LogP contribution in [0.1, 0.15) is 128 Å². The summed E-state index contributed by atoms with van der Waals surface area (Å²) in [5.41, 5.74) is 18.8. The van der Waals surface area contributed by atoms with E-state index in [4.69, 9.17) is 29.0 Å². The number of benzene rings is 7. The molecule has 2 unspecified atom stereocenters. The third kappa shape index (κ3) is 9.89. The molecule has 4 heterocycles. The van der Waals surface area contributed by atoms with E-state index < -0.39 is 0 Å². The Hall–Kier alpha value is -7.98. The quantitative estimate of drug-likeness (QED) is 0.106. The minimum Gasteiger partial charge on any atom is -0.436 e. The summed E-state index contributed by atoms with van der Waals surface area (Å²) >= 11 is 0. The van der Waals surface area contributed by atoms with Gasteiger partial charge < -0.3 is 18.6 Å². The number of aromatic nitrogens is 2. The Kier molecular flexibility index (Phi) is 13.4. The zero-order valence-electron chi connectivity index (χ0n) is 45.8. The monoisotopic (exact) mass is 1010 g/mol. The lowest BCUT2D eigenvalue weighted by Crippen LogP contribution is -2.21. The van der Waals surface area contributed by atoms with Crippen LogP contribution >= 0.6 is 0 Å². The van der Waals surface area contributed by atoms with E-state index in [-0.39, 0.29) is 22.9 Å². The predicted molar refractivity (Wildman–Crippen MR) is 315 cm³/mol. The third-order valence-electron chi connectivity index (χ3n) is 15.4. The Morgan fingerprint density at radius 1 is 0.434 bits per heavy atom. The van der Waals surface area contributed by atoms with E-state index in [9.17, 15) is 0 Å². The number of hydrogen-bond acceptors (Lipinski definition) is 10. The molecule has 0 aliphatic carbocycles. The van der Waals surface area contributed by atoms with E-state index in [1.165, 1.54) is 33.6 Å². The van der Waals surface area contributed by atoms with Crippen LogP contribution in [0.15, 0.2) is 177 Å². The topological polar surface area (TPSA) is 89.7 Å². The molecule has 2 aliphatic heterocycles. The first-order valence-corrected chi connectivity index (χ1v) is 27.2. The van der Waals surface area contributed by atoms with Gasteiger partial charge in [0.2, 0.25) is 11.8 Å². The molecule has 2 aromatic heterocycles. The van der Waals surface area contributed by atoms with Gasteiger partial charge in [-0.15, -0.1) is 0 Å². The normalized spacial score (nSPS) is 16.0. The zero-order chi connectivity index (χ0) is 52.9. The van der Waals surface area contributed by atoms with Crippen LogP contribution in [0, 0.1) is 0 Å². The fraction of sp³-hybridized carbons (Fsp3) is 0.303. The van der Waals surface area contributed by atoms with E-state index in [0.29, 0.717) is 11.8 Å². The Morgan fingerprint density at radius 3 is 1.11 bits per heavy atom. The first-order chi connectivity index (χ1) is 36.7. The molecule has 2 aliphatic rings. The average molecular weight is 1010 g/mol. The minimum atomic E-state index is -0.0345. The maximum Gasteiger partial charge on any atom is 0.227 e. The fourth-order valence-electron chi connectivity index (χ4n) is 10.8. The second-order valence-corrected chi connectivity index (χ2v) is 22.3. The van der Waals surface area contributed by atoms with E-state index in [2.05, 4.69) is 235 Å². The fourth-order valence-corrected chi connectivity index (χ4v) is 10.8. The molecular weight excluding hydrogens is 937 g/mol. The summed E-state index contributed by atoms with van der Waals surface area (Å²) in [6, 6.07) is 56.5. The van der Waals surface area contributed by atoms with Crippen molar-refractivity contribution < 1.29 is 8.83 Å². The predicted octanol–water partition coefficient (Wildman–Crippen LogP) is 16.3. The summed E-state index contributed by atoms with van der Waals surface area (Å²) in [4.78, 5) is 14.6. The molecule has 0 radical (unpaired) electrons. The molecular formula is C66H70N8O2. The lowest BCUT2D eigenvalue weighted by molar-refractivity contribution is 0.589. The maximum absolute atomic E-state index is 6.31. The van der Waals surface area contributed by atoms with Crippen LogP contribution in [0.25, 0.3) is 45.1 Å². The van der Waals surface area contributed by atoms with Gasteiger partial charge in [-0.2, -0.15) is 10.2 Å². The van der Waals surface area contributed by atoms with Gasteiger partial charge in [-0.05, 0) is 169 Å². The standard InChI is InChI=1S/C66H70N8O2/c1-11-71(12-2)51-29-19-43(20-30-51)55-41-59(73(69-55)53-33-23-47(24-34-53)63-67-57-39-49(65(5,6)7)27-37-61(57)75-63)45-15-17-46(18-16-45)60-42-56(44-21-31-52(32-22-44)72(13-3)14-4)70-74(60)54-35-25-48(26-36-54)64-68-58-40-50(66(8,9)10)28-38-62(58)76-64/h15-40,59-60H,11-14,41-42H2,1-10H3. The van der Waals surface area contributed by atoms with Crippen molar-refractivity contribution in [2.24, 2.45) is 10.2 Å². The third-order valence-corrected chi connectivity index (χ3v) is 15.4. The van der Waals surface area contributed by atoms with Crippen molar-refractivity contribution in [2.75, 3.05) is 46.0 Å². The van der Waals surface area contributed by atoms with Crippen LogP contribution in [0.5, 0.6) is 0 Å². The van der Waals surface area contributed by atoms with Crippen molar-refractivity contribution in [3.05, 3.63) is 191 Å². The van der Waals surface area contributed by atoms with Crippen molar-refractivity contribution in [2.45, 2.75) is 105 Å². The molecule has 0 bridgehead atoms. The largest absolute Gasteiger partial charge is 0.436 e. The number of anilines is 4. The highest BCUT2D eigenvalue weighted by Crippen LogP contribution is 2.42. The van der Waals surface area contributed by atoms with Gasteiger partial charge in [-0.25, -0.2) is 9.97 Å². The number of hydrazone groups is 2. The molecule has 76 heavy (non-hydrogen) atoms. The van der Waals surface area contributed by atoms with Crippen molar-refractivity contribution in [3.63, 3.8) is 0 Å². The molecule has 386 valence electrons. The lowest BCUT2D eigenvalue weighted by atomic mass is 9.87.